The number of pyridine rings is 1. The van der Waals surface area contributed by atoms with E-state index in [1.54, 1.807) is 12.4 Å². The number of rotatable bonds is 6. The van der Waals surface area contributed by atoms with Crippen LogP contribution >= 0.6 is 0 Å². The van der Waals surface area contributed by atoms with Gasteiger partial charge in [-0.2, -0.15) is 0 Å². The summed E-state index contributed by atoms with van der Waals surface area (Å²) in [6.45, 7) is 4.25. The highest BCUT2D eigenvalue weighted by Crippen LogP contribution is 2.21. The average molecular weight is 396 g/mol. The van der Waals surface area contributed by atoms with E-state index < -0.39 is 0 Å². The van der Waals surface area contributed by atoms with Crippen LogP contribution in [0.5, 0.6) is 0 Å². The van der Waals surface area contributed by atoms with Gasteiger partial charge in [0.2, 0.25) is 11.9 Å². The average Bonchev–Trinajstić information content (AvgIpc) is 2.79. The van der Waals surface area contributed by atoms with Crippen LogP contribution in [0.25, 0.3) is 11.3 Å². The molecule has 3 N–H and O–H groups in total. The summed E-state index contributed by atoms with van der Waals surface area (Å²) in [5.74, 6) is 1.73. The highest BCUT2D eigenvalue weighted by Gasteiger charge is 2.21. The van der Waals surface area contributed by atoms with E-state index in [1.165, 1.54) is 0 Å². The third-order valence-corrected chi connectivity index (χ3v) is 5.53. The summed E-state index contributed by atoms with van der Waals surface area (Å²) in [5, 5.41) is 9.55. The number of ether oxygens (including phenoxy) is 1. The largest absolute Gasteiger partial charge is 0.381 e. The second kappa shape index (κ2) is 9.76. The quantitative estimate of drug-likeness (QED) is 0.689. The molecule has 29 heavy (non-hydrogen) atoms. The molecule has 2 aliphatic rings. The first-order valence-corrected chi connectivity index (χ1v) is 10.4. The van der Waals surface area contributed by atoms with Gasteiger partial charge in [-0.25, -0.2) is 15.0 Å². The van der Waals surface area contributed by atoms with Gasteiger partial charge in [-0.1, -0.05) is 0 Å². The number of nitrogens with one attached hydrogen (secondary N) is 3. The van der Waals surface area contributed by atoms with Crippen molar-refractivity contribution in [2.75, 3.05) is 43.5 Å². The summed E-state index contributed by atoms with van der Waals surface area (Å²) in [6.07, 6.45) is 7.52. The zero-order valence-electron chi connectivity index (χ0n) is 16.6. The zero-order valence-corrected chi connectivity index (χ0v) is 16.6. The molecule has 0 unspecified atom stereocenters. The van der Waals surface area contributed by atoms with Crippen molar-refractivity contribution in [3.05, 3.63) is 30.6 Å². The van der Waals surface area contributed by atoms with Crippen LogP contribution in [0.1, 0.15) is 25.7 Å². The fourth-order valence-corrected chi connectivity index (χ4v) is 3.75. The number of nitrogens with zero attached hydrogens (tertiary/aromatic N) is 3. The molecule has 8 nitrogen and oxygen atoms in total. The van der Waals surface area contributed by atoms with E-state index in [0.29, 0.717) is 18.4 Å². The second-order valence-electron chi connectivity index (χ2n) is 7.66. The van der Waals surface area contributed by atoms with Crippen molar-refractivity contribution >= 4 is 17.7 Å². The Labute approximate surface area is 170 Å². The SMILES string of the molecule is O=C(Nc1nccc(-c2ccnc(NCC3CCOCC3)c2)n1)[C@@H]1CCCNC1. The summed E-state index contributed by atoms with van der Waals surface area (Å²) in [4.78, 5) is 25.6. The Kier molecular flexibility index (Phi) is 6.63. The molecule has 0 spiro atoms. The van der Waals surface area contributed by atoms with Crippen LogP contribution in [0.3, 0.4) is 0 Å². The molecule has 4 rings (SSSR count). The van der Waals surface area contributed by atoms with Gasteiger partial charge >= 0.3 is 0 Å². The molecular formula is C21H28N6O2. The maximum atomic E-state index is 12.4. The molecule has 0 aromatic carbocycles. The molecule has 0 radical (unpaired) electrons. The Morgan fingerprint density at radius 1 is 1.17 bits per heavy atom. The lowest BCUT2D eigenvalue weighted by Crippen LogP contribution is -2.37. The third-order valence-electron chi connectivity index (χ3n) is 5.53. The molecule has 1 amide bonds. The number of aromatic nitrogens is 3. The van der Waals surface area contributed by atoms with E-state index in [2.05, 4.69) is 30.9 Å². The van der Waals surface area contributed by atoms with Crippen LogP contribution in [0, 0.1) is 11.8 Å². The topological polar surface area (TPSA) is 101 Å². The van der Waals surface area contributed by atoms with Crippen molar-refractivity contribution in [2.24, 2.45) is 11.8 Å². The Morgan fingerprint density at radius 3 is 2.86 bits per heavy atom. The first-order valence-electron chi connectivity index (χ1n) is 10.4. The minimum atomic E-state index is -0.0297. The minimum absolute atomic E-state index is 0.0251. The van der Waals surface area contributed by atoms with E-state index in [0.717, 1.165) is 69.1 Å². The zero-order chi connectivity index (χ0) is 19.9. The number of hydrogen-bond donors (Lipinski definition) is 3. The van der Waals surface area contributed by atoms with Gasteiger partial charge < -0.3 is 15.4 Å². The lowest BCUT2D eigenvalue weighted by molar-refractivity contribution is -0.120. The Balaban J connectivity index is 1.40. The summed E-state index contributed by atoms with van der Waals surface area (Å²) >= 11 is 0. The standard InChI is InChI=1S/C21H28N6O2/c28-20(17-2-1-7-22-14-17)27-21-24-9-4-18(26-21)16-3-8-23-19(12-16)25-13-15-5-10-29-11-6-15/h3-4,8-9,12,15,17,22H,1-2,5-7,10-11,13-14H2,(H,23,25)(H,24,26,27,28)/t17-/m1/s1. The van der Waals surface area contributed by atoms with Crippen molar-refractivity contribution in [3.63, 3.8) is 0 Å². The molecule has 0 aliphatic carbocycles. The molecule has 0 saturated carbocycles. The lowest BCUT2D eigenvalue weighted by atomic mass is 9.99. The van der Waals surface area contributed by atoms with Gasteiger partial charge in [-0.3, -0.25) is 10.1 Å². The summed E-state index contributed by atoms with van der Waals surface area (Å²) < 4.78 is 5.41. The van der Waals surface area contributed by atoms with Crippen LogP contribution in [0.2, 0.25) is 0 Å². The van der Waals surface area contributed by atoms with Gasteiger partial charge in [0.15, 0.2) is 0 Å². The Hall–Kier alpha value is -2.58. The maximum absolute atomic E-state index is 12.4. The predicted octanol–water partition coefficient (Wildman–Crippen LogP) is 2.32. The molecule has 2 aliphatic heterocycles. The molecule has 1 atom stereocenters. The van der Waals surface area contributed by atoms with Crippen molar-refractivity contribution in [3.8, 4) is 11.3 Å². The molecule has 2 aromatic rings. The number of hydrogen-bond acceptors (Lipinski definition) is 7. The third kappa shape index (κ3) is 5.48. The Morgan fingerprint density at radius 2 is 2.03 bits per heavy atom. The van der Waals surface area contributed by atoms with E-state index >= 15 is 0 Å². The van der Waals surface area contributed by atoms with Gasteiger partial charge in [0, 0.05) is 44.3 Å². The van der Waals surface area contributed by atoms with Gasteiger partial charge in [-0.05, 0) is 56.3 Å². The lowest BCUT2D eigenvalue weighted by Gasteiger charge is -2.22. The fourth-order valence-electron chi connectivity index (χ4n) is 3.75. The fraction of sp³-hybridized carbons (Fsp3) is 0.524. The molecule has 2 aromatic heterocycles. The minimum Gasteiger partial charge on any atom is -0.381 e. The van der Waals surface area contributed by atoms with Crippen molar-refractivity contribution in [1.82, 2.24) is 20.3 Å². The number of anilines is 2. The normalized spacial score (nSPS) is 20.2. The van der Waals surface area contributed by atoms with Crippen LogP contribution in [0.15, 0.2) is 30.6 Å². The molecule has 154 valence electrons. The summed E-state index contributed by atoms with van der Waals surface area (Å²) in [5.41, 5.74) is 1.69. The van der Waals surface area contributed by atoms with Crippen LogP contribution in [0.4, 0.5) is 11.8 Å². The first-order chi connectivity index (χ1) is 14.3. The van der Waals surface area contributed by atoms with E-state index in [1.807, 2.05) is 18.2 Å². The molecule has 2 saturated heterocycles. The number of piperidine rings is 1. The van der Waals surface area contributed by atoms with Gasteiger partial charge in [0.05, 0.1) is 11.6 Å². The molecule has 8 heteroatoms. The van der Waals surface area contributed by atoms with Crippen LogP contribution in [-0.4, -0.2) is 53.7 Å². The van der Waals surface area contributed by atoms with Crippen molar-refractivity contribution in [1.29, 1.82) is 0 Å². The van der Waals surface area contributed by atoms with Crippen molar-refractivity contribution < 1.29 is 9.53 Å². The van der Waals surface area contributed by atoms with Gasteiger partial charge in [0.25, 0.3) is 0 Å². The smallest absolute Gasteiger partial charge is 0.231 e. The summed E-state index contributed by atoms with van der Waals surface area (Å²) in [6, 6.07) is 5.74. The number of carbonyl (C=O) groups is 1. The van der Waals surface area contributed by atoms with Crippen molar-refractivity contribution in [2.45, 2.75) is 25.7 Å². The second-order valence-corrected chi connectivity index (χ2v) is 7.66. The number of carbonyl (C=O) groups excluding carboxylic acids is 1. The Bertz CT molecular complexity index is 818. The van der Waals surface area contributed by atoms with E-state index in [9.17, 15) is 4.79 Å². The maximum Gasteiger partial charge on any atom is 0.231 e. The van der Waals surface area contributed by atoms with Crippen LogP contribution < -0.4 is 16.0 Å². The van der Waals surface area contributed by atoms with E-state index in [-0.39, 0.29) is 11.8 Å². The highest BCUT2D eigenvalue weighted by atomic mass is 16.5. The number of amides is 1. The van der Waals surface area contributed by atoms with E-state index in [4.69, 9.17) is 4.74 Å². The highest BCUT2D eigenvalue weighted by molar-refractivity contribution is 5.91. The molecule has 4 heterocycles. The first kappa shape index (κ1) is 19.7. The predicted molar refractivity (Wildman–Crippen MR) is 112 cm³/mol. The monoisotopic (exact) mass is 396 g/mol. The molecular weight excluding hydrogens is 368 g/mol. The molecule has 2 fully saturated rings. The van der Waals surface area contributed by atoms with Gasteiger partial charge in [-0.15, -0.1) is 0 Å². The summed E-state index contributed by atoms with van der Waals surface area (Å²) in [7, 11) is 0. The van der Waals surface area contributed by atoms with Crippen LogP contribution in [-0.2, 0) is 9.53 Å². The molecule has 0 bridgehead atoms. The van der Waals surface area contributed by atoms with Gasteiger partial charge in [0.1, 0.15) is 5.82 Å².